The normalized spacial score (nSPS) is 11.6. The van der Waals surface area contributed by atoms with E-state index in [-0.39, 0.29) is 12.3 Å². The minimum absolute atomic E-state index is 0.162. The molecule has 1 amide bonds. The van der Waals surface area contributed by atoms with Gasteiger partial charge >= 0.3 is 0 Å². The Balaban J connectivity index is 2.02. The SMILES string of the molecule is N#C[C@@H](NC(=O)Cc1ccccc1Br)c1ccsc1. The third-order valence-corrected chi connectivity index (χ3v) is 4.09. The highest BCUT2D eigenvalue weighted by atomic mass is 79.9. The summed E-state index contributed by atoms with van der Waals surface area (Å²) in [6, 6.07) is 10.9. The van der Waals surface area contributed by atoms with Crippen LogP contribution in [0.5, 0.6) is 0 Å². The molecule has 1 aromatic carbocycles. The van der Waals surface area contributed by atoms with Crippen molar-refractivity contribution >= 4 is 33.2 Å². The first-order chi connectivity index (χ1) is 9.20. The molecule has 2 aromatic rings. The fourth-order valence-corrected chi connectivity index (χ4v) is 2.77. The van der Waals surface area contributed by atoms with Gasteiger partial charge in [0.05, 0.1) is 12.5 Å². The number of hydrogen-bond donors (Lipinski definition) is 1. The zero-order valence-electron chi connectivity index (χ0n) is 9.97. The molecule has 0 aliphatic heterocycles. The number of rotatable bonds is 4. The van der Waals surface area contributed by atoms with Crippen molar-refractivity contribution in [3.8, 4) is 6.07 Å². The van der Waals surface area contributed by atoms with Gasteiger partial charge in [-0.05, 0) is 34.0 Å². The smallest absolute Gasteiger partial charge is 0.225 e. The Bertz CT molecular complexity index is 604. The number of amides is 1. The highest BCUT2D eigenvalue weighted by Gasteiger charge is 2.15. The first-order valence-electron chi connectivity index (χ1n) is 5.65. The topological polar surface area (TPSA) is 52.9 Å². The van der Waals surface area contributed by atoms with Crippen molar-refractivity contribution in [1.29, 1.82) is 5.26 Å². The van der Waals surface area contributed by atoms with E-state index in [1.807, 2.05) is 41.1 Å². The first-order valence-corrected chi connectivity index (χ1v) is 7.39. The van der Waals surface area contributed by atoms with Gasteiger partial charge in [0.25, 0.3) is 0 Å². The summed E-state index contributed by atoms with van der Waals surface area (Å²) in [4.78, 5) is 11.9. The number of nitrogens with zero attached hydrogens (tertiary/aromatic N) is 1. The Labute approximate surface area is 124 Å². The third-order valence-electron chi connectivity index (χ3n) is 2.62. The van der Waals surface area contributed by atoms with Crippen LogP contribution in [0.2, 0.25) is 0 Å². The lowest BCUT2D eigenvalue weighted by molar-refractivity contribution is -0.120. The summed E-state index contributed by atoms with van der Waals surface area (Å²) in [7, 11) is 0. The minimum Gasteiger partial charge on any atom is -0.336 e. The van der Waals surface area contributed by atoms with Gasteiger partial charge < -0.3 is 5.32 Å². The summed E-state index contributed by atoms with van der Waals surface area (Å²) in [5, 5.41) is 15.6. The average molecular weight is 335 g/mol. The van der Waals surface area contributed by atoms with E-state index in [0.29, 0.717) is 0 Å². The average Bonchev–Trinajstić information content (AvgIpc) is 2.92. The van der Waals surface area contributed by atoms with Crippen molar-refractivity contribution < 1.29 is 4.79 Å². The van der Waals surface area contributed by atoms with Crippen LogP contribution in [0, 0.1) is 11.3 Å². The molecule has 3 nitrogen and oxygen atoms in total. The first kappa shape index (κ1) is 13.8. The van der Waals surface area contributed by atoms with E-state index in [0.717, 1.165) is 15.6 Å². The second-order valence-corrected chi connectivity index (χ2v) is 5.59. The predicted molar refractivity (Wildman–Crippen MR) is 78.7 cm³/mol. The number of carbonyl (C=O) groups is 1. The maximum absolute atomic E-state index is 11.9. The van der Waals surface area contributed by atoms with Gasteiger partial charge in [0.1, 0.15) is 6.04 Å². The number of nitriles is 1. The number of nitrogens with one attached hydrogen (secondary N) is 1. The van der Waals surface area contributed by atoms with Crippen LogP contribution in [-0.4, -0.2) is 5.91 Å². The summed E-state index contributed by atoms with van der Waals surface area (Å²) in [6.07, 6.45) is 0.254. The molecule has 0 aliphatic carbocycles. The standard InChI is InChI=1S/C14H11BrN2OS/c15-12-4-2-1-3-10(12)7-14(18)17-13(8-16)11-5-6-19-9-11/h1-6,9,13H,7H2,(H,17,18)/t13-/m1/s1. The molecule has 0 saturated heterocycles. The predicted octanol–water partition coefficient (Wildman–Crippen LogP) is 3.43. The van der Waals surface area contributed by atoms with Crippen molar-refractivity contribution in [1.82, 2.24) is 5.32 Å². The zero-order valence-corrected chi connectivity index (χ0v) is 12.4. The molecule has 2 rings (SSSR count). The van der Waals surface area contributed by atoms with Gasteiger partial charge in [-0.25, -0.2) is 0 Å². The molecule has 1 atom stereocenters. The molecular weight excluding hydrogens is 324 g/mol. The molecule has 0 unspecified atom stereocenters. The van der Waals surface area contributed by atoms with Crippen LogP contribution < -0.4 is 5.32 Å². The highest BCUT2D eigenvalue weighted by Crippen LogP contribution is 2.18. The molecule has 1 aromatic heterocycles. The Hall–Kier alpha value is -1.64. The lowest BCUT2D eigenvalue weighted by Crippen LogP contribution is -2.28. The molecule has 0 aliphatic rings. The van der Waals surface area contributed by atoms with E-state index < -0.39 is 6.04 Å². The van der Waals surface area contributed by atoms with Gasteiger partial charge in [-0.3, -0.25) is 4.79 Å². The molecule has 0 bridgehead atoms. The summed E-state index contributed by atoms with van der Waals surface area (Å²) in [5.41, 5.74) is 1.73. The molecule has 0 radical (unpaired) electrons. The van der Waals surface area contributed by atoms with Crippen LogP contribution in [0.25, 0.3) is 0 Å². The van der Waals surface area contributed by atoms with Gasteiger partial charge in [0.15, 0.2) is 0 Å². The minimum atomic E-state index is -0.582. The highest BCUT2D eigenvalue weighted by molar-refractivity contribution is 9.10. The van der Waals surface area contributed by atoms with Gasteiger partial charge in [0, 0.05) is 4.47 Å². The van der Waals surface area contributed by atoms with E-state index in [1.165, 1.54) is 11.3 Å². The molecule has 0 fully saturated rings. The van der Waals surface area contributed by atoms with Gasteiger partial charge in [0.2, 0.25) is 5.91 Å². The molecule has 96 valence electrons. The Morgan fingerprint density at radius 1 is 1.42 bits per heavy atom. The maximum Gasteiger partial charge on any atom is 0.225 e. The lowest BCUT2D eigenvalue weighted by Gasteiger charge is -2.10. The van der Waals surface area contributed by atoms with Crippen LogP contribution in [0.15, 0.2) is 45.6 Å². The second kappa shape index (κ2) is 6.50. The Morgan fingerprint density at radius 3 is 2.84 bits per heavy atom. The molecule has 0 spiro atoms. The second-order valence-electron chi connectivity index (χ2n) is 3.95. The van der Waals surface area contributed by atoms with Crippen molar-refractivity contribution in [2.75, 3.05) is 0 Å². The van der Waals surface area contributed by atoms with E-state index >= 15 is 0 Å². The number of carbonyl (C=O) groups excluding carboxylic acids is 1. The van der Waals surface area contributed by atoms with Crippen LogP contribution >= 0.6 is 27.3 Å². The summed E-state index contributed by atoms with van der Waals surface area (Å²) < 4.78 is 0.897. The van der Waals surface area contributed by atoms with Crippen LogP contribution in [-0.2, 0) is 11.2 Å². The largest absolute Gasteiger partial charge is 0.336 e. The monoisotopic (exact) mass is 334 g/mol. The van der Waals surface area contributed by atoms with E-state index in [4.69, 9.17) is 5.26 Å². The van der Waals surface area contributed by atoms with Crippen LogP contribution in [0.3, 0.4) is 0 Å². The fraction of sp³-hybridized carbons (Fsp3) is 0.143. The molecule has 1 N–H and O–H groups in total. The summed E-state index contributed by atoms with van der Waals surface area (Å²) in [5.74, 6) is -0.162. The summed E-state index contributed by atoms with van der Waals surface area (Å²) >= 11 is 4.91. The third kappa shape index (κ3) is 3.66. The van der Waals surface area contributed by atoms with Crippen molar-refractivity contribution in [3.63, 3.8) is 0 Å². The molecule has 5 heteroatoms. The van der Waals surface area contributed by atoms with Gasteiger partial charge in [-0.2, -0.15) is 16.6 Å². The molecule has 19 heavy (non-hydrogen) atoms. The number of benzene rings is 1. The molecule has 0 saturated carbocycles. The molecular formula is C14H11BrN2OS. The van der Waals surface area contributed by atoms with Crippen molar-refractivity contribution in [2.24, 2.45) is 0 Å². The zero-order chi connectivity index (χ0) is 13.7. The van der Waals surface area contributed by atoms with E-state index in [2.05, 4.69) is 27.3 Å². The Kier molecular flexibility index (Phi) is 4.72. The van der Waals surface area contributed by atoms with Gasteiger partial charge in [-0.15, -0.1) is 0 Å². The van der Waals surface area contributed by atoms with E-state index in [9.17, 15) is 4.79 Å². The maximum atomic E-state index is 11.9. The fourth-order valence-electron chi connectivity index (χ4n) is 1.66. The van der Waals surface area contributed by atoms with Crippen molar-refractivity contribution in [2.45, 2.75) is 12.5 Å². The number of thiophene rings is 1. The quantitative estimate of drug-likeness (QED) is 0.931. The Morgan fingerprint density at radius 2 is 2.21 bits per heavy atom. The number of hydrogen-bond acceptors (Lipinski definition) is 3. The van der Waals surface area contributed by atoms with Gasteiger partial charge in [-0.1, -0.05) is 34.1 Å². The number of halogens is 1. The lowest BCUT2D eigenvalue weighted by atomic mass is 10.1. The molecule has 1 heterocycles. The van der Waals surface area contributed by atoms with Crippen molar-refractivity contribution in [3.05, 3.63) is 56.7 Å². The van der Waals surface area contributed by atoms with Crippen LogP contribution in [0.1, 0.15) is 17.2 Å². The van der Waals surface area contributed by atoms with Crippen LogP contribution in [0.4, 0.5) is 0 Å². The summed E-state index contributed by atoms with van der Waals surface area (Å²) in [6.45, 7) is 0. The van der Waals surface area contributed by atoms with E-state index in [1.54, 1.807) is 0 Å².